The van der Waals surface area contributed by atoms with Gasteiger partial charge >= 0.3 is 0 Å². The minimum atomic E-state index is -4.53. The molecular formula is C36H40N4O7S. The van der Waals surface area contributed by atoms with E-state index >= 15 is 0 Å². The molecule has 1 N–H and O–H groups in total. The van der Waals surface area contributed by atoms with Crippen LogP contribution in [0.25, 0.3) is 0 Å². The van der Waals surface area contributed by atoms with Crippen LogP contribution in [0.1, 0.15) is 35.6 Å². The molecule has 0 saturated carbocycles. The van der Waals surface area contributed by atoms with Crippen molar-refractivity contribution in [1.29, 1.82) is 0 Å². The van der Waals surface area contributed by atoms with E-state index in [0.717, 1.165) is 27.1 Å². The molecule has 0 aliphatic rings. The number of sulfonamides is 1. The van der Waals surface area contributed by atoms with Gasteiger partial charge in [-0.25, -0.2) is 8.42 Å². The summed E-state index contributed by atoms with van der Waals surface area (Å²) in [4.78, 5) is 40.5. The molecule has 0 bridgehead atoms. The average molecular weight is 673 g/mol. The van der Waals surface area contributed by atoms with E-state index in [1.54, 1.807) is 12.1 Å². The zero-order valence-electron chi connectivity index (χ0n) is 27.5. The molecule has 252 valence electrons. The van der Waals surface area contributed by atoms with Crippen molar-refractivity contribution in [1.82, 2.24) is 10.2 Å². The Kier molecular flexibility index (Phi) is 11.9. The zero-order valence-corrected chi connectivity index (χ0v) is 28.3. The fourth-order valence-corrected chi connectivity index (χ4v) is 6.71. The maximum atomic E-state index is 14.6. The smallest absolute Gasteiger partial charge is 0.273 e. The van der Waals surface area contributed by atoms with Crippen LogP contribution in [0.4, 0.5) is 11.4 Å². The molecule has 0 radical (unpaired) electrons. The van der Waals surface area contributed by atoms with Crippen LogP contribution in [0.2, 0.25) is 0 Å². The molecule has 2 amide bonds. The minimum absolute atomic E-state index is 0.0318. The van der Waals surface area contributed by atoms with E-state index in [0.29, 0.717) is 18.7 Å². The number of nitrogens with zero attached hydrogens (tertiary/aromatic N) is 3. The first-order chi connectivity index (χ1) is 22.9. The number of hydrogen-bond acceptors (Lipinski definition) is 7. The molecule has 0 aromatic heterocycles. The van der Waals surface area contributed by atoms with E-state index in [4.69, 9.17) is 4.74 Å². The zero-order chi connectivity index (χ0) is 34.8. The number of carbonyl (C=O) groups is 2. The van der Waals surface area contributed by atoms with Crippen molar-refractivity contribution >= 4 is 33.2 Å². The molecule has 0 saturated heterocycles. The minimum Gasteiger partial charge on any atom is -0.497 e. The highest BCUT2D eigenvalue weighted by Crippen LogP contribution is 2.30. The molecule has 0 aliphatic carbocycles. The van der Waals surface area contributed by atoms with Crippen LogP contribution >= 0.6 is 0 Å². The summed E-state index contributed by atoms with van der Waals surface area (Å²) in [5.74, 6) is -0.537. The monoisotopic (exact) mass is 672 g/mol. The fraction of sp³-hybridized carbons (Fsp3) is 0.278. The maximum Gasteiger partial charge on any atom is 0.273 e. The number of aryl methyl sites for hydroxylation is 2. The lowest BCUT2D eigenvalue weighted by Crippen LogP contribution is -2.53. The fourth-order valence-electron chi connectivity index (χ4n) is 5.28. The summed E-state index contributed by atoms with van der Waals surface area (Å²) >= 11 is 0. The van der Waals surface area contributed by atoms with Crippen molar-refractivity contribution in [2.45, 2.75) is 51.1 Å². The molecule has 11 nitrogen and oxygen atoms in total. The van der Waals surface area contributed by atoms with E-state index in [9.17, 15) is 28.1 Å². The Morgan fingerprint density at radius 3 is 2.23 bits per heavy atom. The highest BCUT2D eigenvalue weighted by Gasteiger charge is 2.35. The molecule has 1 atom stereocenters. The van der Waals surface area contributed by atoms with Crippen molar-refractivity contribution in [2.75, 3.05) is 24.5 Å². The normalized spacial score (nSPS) is 11.8. The highest BCUT2D eigenvalue weighted by molar-refractivity contribution is 7.92. The van der Waals surface area contributed by atoms with Crippen LogP contribution in [-0.2, 0) is 32.6 Å². The number of rotatable bonds is 15. The lowest BCUT2D eigenvalue weighted by molar-refractivity contribution is -0.385. The third kappa shape index (κ3) is 8.77. The molecule has 48 heavy (non-hydrogen) atoms. The van der Waals surface area contributed by atoms with Crippen molar-refractivity contribution < 1.29 is 27.7 Å². The van der Waals surface area contributed by atoms with Gasteiger partial charge in [0.15, 0.2) is 0 Å². The highest BCUT2D eigenvalue weighted by atomic mass is 32.2. The molecule has 12 heteroatoms. The number of ether oxygens (including phenoxy) is 1. The Hall–Kier alpha value is -5.23. The Bertz CT molecular complexity index is 1850. The molecule has 4 aromatic carbocycles. The third-order valence-corrected chi connectivity index (χ3v) is 9.63. The van der Waals surface area contributed by atoms with Gasteiger partial charge in [-0.1, -0.05) is 73.2 Å². The second-order valence-electron chi connectivity index (χ2n) is 11.4. The van der Waals surface area contributed by atoms with Gasteiger partial charge in [0, 0.05) is 31.1 Å². The number of benzene rings is 4. The number of nitro benzene ring substituents is 1. The number of amides is 2. The van der Waals surface area contributed by atoms with Crippen molar-refractivity contribution in [3.8, 4) is 5.75 Å². The lowest BCUT2D eigenvalue weighted by Gasteiger charge is -2.34. The molecule has 0 fully saturated rings. The summed E-state index contributed by atoms with van der Waals surface area (Å²) in [5, 5.41) is 14.6. The van der Waals surface area contributed by atoms with Gasteiger partial charge in [0.25, 0.3) is 15.7 Å². The molecule has 0 spiro atoms. The van der Waals surface area contributed by atoms with Crippen LogP contribution in [0.3, 0.4) is 0 Å². The summed E-state index contributed by atoms with van der Waals surface area (Å²) in [6.07, 6.45) is 0.870. The standard InChI is InChI=1S/C36H40N4O7S/c1-5-20-37-36(42)34(22-28-11-7-6-8-12-28)38(24-29-13-9-10-26(2)21-29)35(41)25-39(30-15-17-31(47-4)18-16-30)48(45,46)32-19-14-27(3)33(23-32)40(43)44/h6-19,21,23,34H,5,20,22,24-25H2,1-4H3,(H,37,42)/t34-/m1/s1. The van der Waals surface area contributed by atoms with E-state index in [2.05, 4.69) is 5.32 Å². The second-order valence-corrected chi connectivity index (χ2v) is 13.3. The lowest BCUT2D eigenvalue weighted by atomic mass is 10.0. The SMILES string of the molecule is CCCNC(=O)[C@@H](Cc1ccccc1)N(Cc1cccc(C)c1)C(=O)CN(c1ccc(OC)cc1)S(=O)(=O)c1ccc(C)c([N+](=O)[O-])c1. The third-order valence-electron chi connectivity index (χ3n) is 7.86. The Labute approximate surface area is 281 Å². The molecule has 0 heterocycles. The van der Waals surface area contributed by atoms with Gasteiger partial charge < -0.3 is 15.0 Å². The van der Waals surface area contributed by atoms with E-state index in [-0.39, 0.29) is 40.7 Å². The predicted molar refractivity (Wildman–Crippen MR) is 184 cm³/mol. The molecular weight excluding hydrogens is 632 g/mol. The van der Waals surface area contributed by atoms with Crippen LogP contribution in [0.15, 0.2) is 102 Å². The number of anilines is 1. The topological polar surface area (TPSA) is 139 Å². The summed E-state index contributed by atoms with van der Waals surface area (Å²) in [7, 11) is -3.06. The predicted octanol–water partition coefficient (Wildman–Crippen LogP) is 5.58. The number of hydrogen-bond donors (Lipinski definition) is 1. The van der Waals surface area contributed by atoms with E-state index in [1.165, 1.54) is 43.2 Å². The quantitative estimate of drug-likeness (QED) is 0.128. The van der Waals surface area contributed by atoms with E-state index < -0.39 is 33.4 Å². The average Bonchev–Trinajstić information content (AvgIpc) is 3.08. The Morgan fingerprint density at radius 2 is 1.60 bits per heavy atom. The first-order valence-electron chi connectivity index (χ1n) is 15.5. The van der Waals surface area contributed by atoms with Crippen LogP contribution in [0.5, 0.6) is 5.75 Å². The summed E-state index contributed by atoms with van der Waals surface area (Å²) in [6.45, 7) is 5.10. The second kappa shape index (κ2) is 16.1. The summed E-state index contributed by atoms with van der Waals surface area (Å²) in [6, 6.07) is 25.6. The largest absolute Gasteiger partial charge is 0.497 e. The Morgan fingerprint density at radius 1 is 0.917 bits per heavy atom. The summed E-state index contributed by atoms with van der Waals surface area (Å²) < 4.78 is 34.8. The number of methoxy groups -OCH3 is 1. The summed E-state index contributed by atoms with van der Waals surface area (Å²) in [5.41, 5.74) is 2.60. The number of carbonyl (C=O) groups excluding carboxylic acids is 2. The molecule has 0 unspecified atom stereocenters. The van der Waals surface area contributed by atoms with Gasteiger partial charge in [0.2, 0.25) is 11.8 Å². The maximum absolute atomic E-state index is 14.6. The molecule has 4 aromatic rings. The number of nitrogens with one attached hydrogen (secondary N) is 1. The molecule has 4 rings (SSSR count). The van der Waals surface area contributed by atoms with Crippen LogP contribution in [0, 0.1) is 24.0 Å². The van der Waals surface area contributed by atoms with Crippen molar-refractivity contribution in [3.63, 3.8) is 0 Å². The van der Waals surface area contributed by atoms with Gasteiger partial charge in [0.05, 0.1) is 22.6 Å². The molecule has 0 aliphatic heterocycles. The van der Waals surface area contributed by atoms with Crippen molar-refractivity contribution in [3.05, 3.63) is 129 Å². The first kappa shape index (κ1) is 35.6. The van der Waals surface area contributed by atoms with Gasteiger partial charge in [0.1, 0.15) is 18.3 Å². The van der Waals surface area contributed by atoms with Gasteiger partial charge in [-0.05, 0) is 61.7 Å². The number of nitro groups is 1. The van der Waals surface area contributed by atoms with Gasteiger partial charge in [-0.15, -0.1) is 0 Å². The van der Waals surface area contributed by atoms with Gasteiger partial charge in [-0.2, -0.15) is 0 Å². The Balaban J connectivity index is 1.84. The van der Waals surface area contributed by atoms with Gasteiger partial charge in [-0.3, -0.25) is 24.0 Å². The van der Waals surface area contributed by atoms with Crippen molar-refractivity contribution in [2.24, 2.45) is 0 Å². The van der Waals surface area contributed by atoms with Crippen LogP contribution < -0.4 is 14.4 Å². The van der Waals surface area contributed by atoms with Crippen LogP contribution in [-0.4, -0.2) is 56.3 Å². The first-order valence-corrected chi connectivity index (χ1v) is 17.0. The van der Waals surface area contributed by atoms with E-state index in [1.807, 2.05) is 68.4 Å².